The van der Waals surface area contributed by atoms with E-state index >= 15 is 0 Å². The molecule has 0 bridgehead atoms. The molecular weight excluding hydrogens is 255 g/mol. The number of likely N-dealkylation sites (tertiary alicyclic amines) is 1. The maximum absolute atomic E-state index is 12.1. The van der Waals surface area contributed by atoms with Crippen LogP contribution in [-0.4, -0.2) is 40.4 Å². The van der Waals surface area contributed by atoms with Crippen LogP contribution < -0.4 is 0 Å². The first-order valence-corrected chi connectivity index (χ1v) is 6.17. The van der Waals surface area contributed by atoms with E-state index in [1.165, 1.54) is 4.90 Å². The molecule has 0 aromatic carbocycles. The summed E-state index contributed by atoms with van der Waals surface area (Å²) in [5.41, 5.74) is -4.86. The van der Waals surface area contributed by atoms with Crippen molar-refractivity contribution in [3.05, 3.63) is 0 Å². The molecule has 1 aliphatic heterocycles. The fourth-order valence-corrected chi connectivity index (χ4v) is 2.36. The van der Waals surface area contributed by atoms with E-state index in [0.717, 1.165) is 0 Å². The molecule has 0 aromatic heterocycles. The zero-order chi connectivity index (χ0) is 13.3. The molecule has 0 unspecified atom stereocenters. The molecular formula is C10H16F3NO2S. The van der Waals surface area contributed by atoms with E-state index in [9.17, 15) is 18.0 Å². The van der Waals surface area contributed by atoms with Crippen LogP contribution in [0.15, 0.2) is 0 Å². The van der Waals surface area contributed by atoms with Crippen molar-refractivity contribution in [1.29, 1.82) is 0 Å². The lowest BCUT2D eigenvalue weighted by Crippen LogP contribution is -2.35. The second-order valence-corrected chi connectivity index (χ2v) is 6.27. The SMILES string of the molecule is CC(C)(C)OC(=O)N1CC[C@H](SC(F)(F)F)C1. The summed E-state index contributed by atoms with van der Waals surface area (Å²) in [5, 5.41) is -0.581. The van der Waals surface area contributed by atoms with Gasteiger partial charge < -0.3 is 9.64 Å². The molecule has 0 spiro atoms. The zero-order valence-corrected chi connectivity index (χ0v) is 10.8. The van der Waals surface area contributed by atoms with Gasteiger partial charge in [0.05, 0.1) is 0 Å². The Kier molecular flexibility index (Phi) is 4.22. The molecule has 1 saturated heterocycles. The number of hydrogen-bond donors (Lipinski definition) is 0. The van der Waals surface area contributed by atoms with Crippen LogP contribution in [0.4, 0.5) is 18.0 Å². The molecule has 1 atom stereocenters. The lowest BCUT2D eigenvalue weighted by atomic mass is 10.2. The first-order chi connectivity index (χ1) is 7.57. The summed E-state index contributed by atoms with van der Waals surface area (Å²) in [4.78, 5) is 12.9. The van der Waals surface area contributed by atoms with Crippen LogP contribution in [0.1, 0.15) is 27.2 Å². The first kappa shape index (κ1) is 14.5. The molecule has 0 radical (unpaired) electrons. The Morgan fingerprint density at radius 1 is 1.35 bits per heavy atom. The topological polar surface area (TPSA) is 29.5 Å². The van der Waals surface area contributed by atoms with E-state index < -0.39 is 22.5 Å². The van der Waals surface area contributed by atoms with Crippen LogP contribution in [0.25, 0.3) is 0 Å². The third kappa shape index (κ3) is 5.52. The van der Waals surface area contributed by atoms with Crippen molar-refractivity contribution in [3.8, 4) is 0 Å². The average Bonchev–Trinajstić information content (AvgIpc) is 2.45. The molecule has 0 N–H and O–H groups in total. The van der Waals surface area contributed by atoms with Gasteiger partial charge in [-0.3, -0.25) is 0 Å². The predicted octanol–water partition coefficient (Wildman–Crippen LogP) is 3.25. The van der Waals surface area contributed by atoms with Crippen molar-refractivity contribution in [2.45, 2.75) is 43.6 Å². The van der Waals surface area contributed by atoms with Gasteiger partial charge in [-0.05, 0) is 39.0 Å². The van der Waals surface area contributed by atoms with Crippen molar-refractivity contribution < 1.29 is 22.7 Å². The number of hydrogen-bond acceptors (Lipinski definition) is 3. The minimum absolute atomic E-state index is 0.0460. The highest BCUT2D eigenvalue weighted by molar-refractivity contribution is 8.00. The van der Waals surface area contributed by atoms with E-state index in [4.69, 9.17) is 4.74 Å². The van der Waals surface area contributed by atoms with Crippen molar-refractivity contribution in [2.75, 3.05) is 13.1 Å². The highest BCUT2D eigenvalue weighted by Crippen LogP contribution is 2.37. The number of alkyl halides is 3. The molecule has 1 aliphatic rings. The Hall–Kier alpha value is -0.590. The molecule has 1 amide bonds. The fourth-order valence-electron chi connectivity index (χ4n) is 1.51. The van der Waals surface area contributed by atoms with E-state index in [1.807, 2.05) is 0 Å². The Labute approximate surface area is 103 Å². The second-order valence-electron chi connectivity index (χ2n) is 4.90. The Bertz CT molecular complexity index is 288. The highest BCUT2D eigenvalue weighted by atomic mass is 32.2. The molecule has 0 aliphatic carbocycles. The van der Waals surface area contributed by atoms with Gasteiger partial charge >= 0.3 is 11.6 Å². The van der Waals surface area contributed by atoms with Gasteiger partial charge in [-0.1, -0.05) is 0 Å². The minimum Gasteiger partial charge on any atom is -0.444 e. The number of carbonyl (C=O) groups is 1. The van der Waals surface area contributed by atoms with Gasteiger partial charge in [-0.2, -0.15) is 13.2 Å². The summed E-state index contributed by atoms with van der Waals surface area (Å²) in [6, 6.07) is 0. The number of ether oxygens (including phenoxy) is 1. The van der Waals surface area contributed by atoms with Gasteiger partial charge in [0.15, 0.2) is 0 Å². The largest absolute Gasteiger partial charge is 0.444 e. The van der Waals surface area contributed by atoms with Crippen LogP contribution in [0.5, 0.6) is 0 Å². The number of carbonyl (C=O) groups excluding carboxylic acids is 1. The van der Waals surface area contributed by atoms with Gasteiger partial charge in [-0.25, -0.2) is 4.79 Å². The number of thioether (sulfide) groups is 1. The van der Waals surface area contributed by atoms with Gasteiger partial charge in [-0.15, -0.1) is 0 Å². The standard InChI is InChI=1S/C10H16F3NO2S/c1-9(2,3)16-8(15)14-5-4-7(6-14)17-10(11,12)13/h7H,4-6H2,1-3H3/t7-/m0/s1. The number of halogens is 3. The quantitative estimate of drug-likeness (QED) is 0.733. The fraction of sp³-hybridized carbons (Fsp3) is 0.900. The van der Waals surface area contributed by atoms with Crippen LogP contribution in [0.2, 0.25) is 0 Å². The predicted molar refractivity (Wildman–Crippen MR) is 59.9 cm³/mol. The monoisotopic (exact) mass is 271 g/mol. The van der Waals surface area contributed by atoms with Gasteiger partial charge in [0.25, 0.3) is 0 Å². The molecule has 1 fully saturated rings. The lowest BCUT2D eigenvalue weighted by molar-refractivity contribution is -0.0334. The minimum atomic E-state index is -4.24. The molecule has 0 saturated carbocycles. The Morgan fingerprint density at radius 3 is 2.41 bits per heavy atom. The van der Waals surface area contributed by atoms with E-state index in [1.54, 1.807) is 20.8 Å². The molecule has 1 rings (SSSR count). The van der Waals surface area contributed by atoms with Crippen molar-refractivity contribution >= 4 is 17.9 Å². The molecule has 0 aromatic rings. The number of nitrogens with zero attached hydrogens (tertiary/aromatic N) is 1. The van der Waals surface area contributed by atoms with Crippen molar-refractivity contribution in [2.24, 2.45) is 0 Å². The van der Waals surface area contributed by atoms with Crippen LogP contribution >= 0.6 is 11.8 Å². The summed E-state index contributed by atoms with van der Waals surface area (Å²) in [5.74, 6) is 0. The normalized spacial score (nSPS) is 21.8. The maximum atomic E-state index is 12.1. The first-order valence-electron chi connectivity index (χ1n) is 5.29. The molecule has 7 heteroatoms. The van der Waals surface area contributed by atoms with Crippen LogP contribution in [-0.2, 0) is 4.74 Å². The van der Waals surface area contributed by atoms with E-state index in [0.29, 0.717) is 13.0 Å². The summed E-state index contributed by atoms with van der Waals surface area (Å²) in [7, 11) is 0. The lowest BCUT2D eigenvalue weighted by Gasteiger charge is -2.24. The van der Waals surface area contributed by atoms with Crippen molar-refractivity contribution in [1.82, 2.24) is 4.90 Å². The zero-order valence-electron chi connectivity index (χ0n) is 10.0. The Balaban J connectivity index is 2.43. The van der Waals surface area contributed by atoms with E-state index in [-0.39, 0.29) is 18.3 Å². The smallest absolute Gasteiger partial charge is 0.442 e. The molecule has 100 valence electrons. The summed E-state index contributed by atoms with van der Waals surface area (Å²) in [6.45, 7) is 5.59. The van der Waals surface area contributed by atoms with Gasteiger partial charge in [0, 0.05) is 18.3 Å². The highest BCUT2D eigenvalue weighted by Gasteiger charge is 2.38. The van der Waals surface area contributed by atoms with Gasteiger partial charge in [0.2, 0.25) is 0 Å². The summed E-state index contributed by atoms with van der Waals surface area (Å²) in [6.07, 6.45) is -0.188. The summed E-state index contributed by atoms with van der Waals surface area (Å²) >= 11 is -0.0460. The van der Waals surface area contributed by atoms with Crippen LogP contribution in [0, 0.1) is 0 Å². The third-order valence-corrected chi connectivity index (χ3v) is 3.08. The number of amides is 1. The molecule has 3 nitrogen and oxygen atoms in total. The third-order valence-electron chi connectivity index (χ3n) is 2.10. The second kappa shape index (κ2) is 4.96. The number of rotatable bonds is 1. The Morgan fingerprint density at radius 2 is 1.94 bits per heavy atom. The van der Waals surface area contributed by atoms with Gasteiger partial charge in [0.1, 0.15) is 5.60 Å². The van der Waals surface area contributed by atoms with Crippen LogP contribution in [0.3, 0.4) is 0 Å². The van der Waals surface area contributed by atoms with Crippen molar-refractivity contribution in [3.63, 3.8) is 0 Å². The molecule has 1 heterocycles. The van der Waals surface area contributed by atoms with E-state index in [2.05, 4.69) is 0 Å². The maximum Gasteiger partial charge on any atom is 0.442 e. The average molecular weight is 271 g/mol. The molecule has 17 heavy (non-hydrogen) atoms. The summed E-state index contributed by atoms with van der Waals surface area (Å²) < 4.78 is 41.5.